The number of H-pyrrole nitrogens is 1. The van der Waals surface area contributed by atoms with E-state index in [0.717, 1.165) is 10.9 Å². The Morgan fingerprint density at radius 2 is 1.83 bits per heavy atom. The molecular formula is C22H25N3O4. The van der Waals surface area contributed by atoms with Gasteiger partial charge in [-0.1, -0.05) is 32.9 Å². The summed E-state index contributed by atoms with van der Waals surface area (Å²) in [6.07, 6.45) is 0. The Hall–Kier alpha value is -3.48. The molecule has 0 fully saturated rings. The van der Waals surface area contributed by atoms with Crippen LogP contribution >= 0.6 is 0 Å². The van der Waals surface area contributed by atoms with Crippen molar-refractivity contribution in [1.82, 2.24) is 4.98 Å². The third-order valence-corrected chi connectivity index (χ3v) is 4.52. The van der Waals surface area contributed by atoms with Gasteiger partial charge >= 0.3 is 0 Å². The minimum Gasteiger partial charge on any atom is -0.493 e. The Labute approximate surface area is 169 Å². The van der Waals surface area contributed by atoms with Gasteiger partial charge in [0.25, 0.3) is 11.8 Å². The van der Waals surface area contributed by atoms with E-state index < -0.39 is 5.91 Å². The Morgan fingerprint density at radius 3 is 2.48 bits per heavy atom. The molecule has 0 saturated carbocycles. The first-order valence-corrected chi connectivity index (χ1v) is 9.21. The van der Waals surface area contributed by atoms with Crippen molar-refractivity contribution in [1.29, 1.82) is 0 Å². The van der Waals surface area contributed by atoms with Crippen LogP contribution < -0.4 is 20.5 Å². The second kappa shape index (κ2) is 7.87. The zero-order valence-corrected chi connectivity index (χ0v) is 17.0. The summed E-state index contributed by atoms with van der Waals surface area (Å²) in [5.74, 6) is -0.140. The lowest BCUT2D eigenvalue weighted by molar-refractivity contribution is -0.119. The molecule has 1 aromatic heterocycles. The molecule has 4 N–H and O–H groups in total. The average Bonchev–Trinajstić information content (AvgIpc) is 3.09. The van der Waals surface area contributed by atoms with E-state index in [2.05, 4.69) is 43.2 Å². The zero-order chi connectivity index (χ0) is 21.2. The smallest absolute Gasteiger partial charge is 0.272 e. The van der Waals surface area contributed by atoms with Crippen molar-refractivity contribution in [3.63, 3.8) is 0 Å². The number of aromatic nitrogens is 1. The van der Waals surface area contributed by atoms with Gasteiger partial charge < -0.3 is 25.5 Å². The number of methoxy groups -OCH3 is 1. The molecule has 0 saturated heterocycles. The topological polar surface area (TPSA) is 106 Å². The number of carbonyl (C=O) groups excluding carboxylic acids is 2. The highest BCUT2D eigenvalue weighted by Crippen LogP contribution is 2.31. The Balaban J connectivity index is 1.82. The third-order valence-electron chi connectivity index (χ3n) is 4.52. The van der Waals surface area contributed by atoms with Crippen LogP contribution in [0.25, 0.3) is 10.9 Å². The van der Waals surface area contributed by atoms with Crippen molar-refractivity contribution in [3.8, 4) is 11.5 Å². The molecule has 0 atom stereocenters. The van der Waals surface area contributed by atoms with Crippen molar-refractivity contribution in [2.75, 3.05) is 19.0 Å². The molecule has 0 spiro atoms. The number of aromatic amines is 1. The molecule has 0 bridgehead atoms. The summed E-state index contributed by atoms with van der Waals surface area (Å²) in [7, 11) is 1.49. The fourth-order valence-electron chi connectivity index (χ4n) is 2.93. The van der Waals surface area contributed by atoms with Gasteiger partial charge in [-0.15, -0.1) is 0 Å². The van der Waals surface area contributed by atoms with E-state index in [4.69, 9.17) is 15.2 Å². The van der Waals surface area contributed by atoms with Crippen LogP contribution in [0.15, 0.2) is 42.5 Å². The SMILES string of the molecule is COc1ccc(NC(=O)c2cc3ccc(C(C)(C)C)cc3[nH]2)cc1OCC(N)=O. The maximum atomic E-state index is 12.7. The molecule has 7 heteroatoms. The standard InChI is InChI=1S/C22H25N3O4/c1-22(2,3)14-6-5-13-9-17(25-16(13)10-14)21(27)24-15-7-8-18(28-4)19(11-15)29-12-20(23)26/h5-11,25H,12H2,1-4H3,(H2,23,26)(H,24,27). The van der Waals surface area contributed by atoms with Crippen LogP contribution in [0, 0.1) is 0 Å². The Bertz CT molecular complexity index is 1060. The minimum atomic E-state index is -0.603. The summed E-state index contributed by atoms with van der Waals surface area (Å²) >= 11 is 0. The summed E-state index contributed by atoms with van der Waals surface area (Å²) in [5.41, 5.74) is 8.18. The van der Waals surface area contributed by atoms with Crippen LogP contribution in [0.2, 0.25) is 0 Å². The number of primary amides is 1. The van der Waals surface area contributed by atoms with Crippen molar-refractivity contribution in [2.45, 2.75) is 26.2 Å². The highest BCUT2D eigenvalue weighted by Gasteiger charge is 2.16. The number of fused-ring (bicyclic) bond motifs is 1. The van der Waals surface area contributed by atoms with Gasteiger partial charge in [0, 0.05) is 22.7 Å². The van der Waals surface area contributed by atoms with Crippen LogP contribution in [0.4, 0.5) is 5.69 Å². The Morgan fingerprint density at radius 1 is 1.07 bits per heavy atom. The van der Waals surface area contributed by atoms with Crippen LogP contribution in [-0.4, -0.2) is 30.5 Å². The van der Waals surface area contributed by atoms with Crippen LogP contribution in [0.3, 0.4) is 0 Å². The van der Waals surface area contributed by atoms with Crippen molar-refractivity contribution < 1.29 is 19.1 Å². The van der Waals surface area contributed by atoms with Gasteiger partial charge in [-0.2, -0.15) is 0 Å². The van der Waals surface area contributed by atoms with E-state index in [0.29, 0.717) is 22.9 Å². The van der Waals surface area contributed by atoms with Gasteiger partial charge in [-0.25, -0.2) is 0 Å². The number of anilines is 1. The molecule has 0 aliphatic carbocycles. The number of amides is 2. The van der Waals surface area contributed by atoms with Crippen LogP contribution in [-0.2, 0) is 10.2 Å². The van der Waals surface area contributed by atoms with Crippen molar-refractivity contribution in [2.24, 2.45) is 5.73 Å². The molecule has 2 aromatic carbocycles. The molecule has 3 rings (SSSR count). The maximum absolute atomic E-state index is 12.7. The lowest BCUT2D eigenvalue weighted by atomic mass is 9.87. The fraction of sp³-hybridized carbons (Fsp3) is 0.273. The number of benzene rings is 2. The van der Waals surface area contributed by atoms with E-state index in [1.54, 1.807) is 18.2 Å². The predicted molar refractivity (Wildman–Crippen MR) is 113 cm³/mol. The lowest BCUT2D eigenvalue weighted by Gasteiger charge is -2.18. The Kier molecular flexibility index (Phi) is 5.50. The molecule has 0 radical (unpaired) electrons. The summed E-state index contributed by atoms with van der Waals surface area (Å²) < 4.78 is 10.6. The summed E-state index contributed by atoms with van der Waals surface area (Å²) in [6, 6.07) is 12.9. The molecular weight excluding hydrogens is 370 g/mol. The van der Waals surface area contributed by atoms with E-state index in [-0.39, 0.29) is 17.9 Å². The lowest BCUT2D eigenvalue weighted by Crippen LogP contribution is -2.20. The molecule has 29 heavy (non-hydrogen) atoms. The molecule has 0 aliphatic heterocycles. The van der Waals surface area contributed by atoms with Crippen molar-refractivity contribution in [3.05, 3.63) is 53.7 Å². The average molecular weight is 395 g/mol. The molecule has 1 heterocycles. The number of nitrogens with one attached hydrogen (secondary N) is 2. The monoisotopic (exact) mass is 395 g/mol. The van der Waals surface area contributed by atoms with Crippen LogP contribution in [0.5, 0.6) is 11.5 Å². The second-order valence-electron chi connectivity index (χ2n) is 7.81. The first-order valence-electron chi connectivity index (χ1n) is 9.21. The molecule has 152 valence electrons. The summed E-state index contributed by atoms with van der Waals surface area (Å²) in [5, 5.41) is 3.78. The first-order chi connectivity index (χ1) is 13.7. The first kappa shape index (κ1) is 20.3. The number of rotatable bonds is 6. The van der Waals surface area contributed by atoms with Gasteiger partial charge in [0.15, 0.2) is 18.1 Å². The van der Waals surface area contributed by atoms with E-state index >= 15 is 0 Å². The van der Waals surface area contributed by atoms with Crippen molar-refractivity contribution >= 4 is 28.4 Å². The van der Waals surface area contributed by atoms with Gasteiger partial charge in [0.2, 0.25) is 0 Å². The number of nitrogens with two attached hydrogens (primary N) is 1. The molecule has 3 aromatic rings. The molecule has 0 aliphatic rings. The van der Waals surface area contributed by atoms with Gasteiger partial charge in [0.05, 0.1) is 7.11 Å². The largest absolute Gasteiger partial charge is 0.493 e. The van der Waals surface area contributed by atoms with E-state index in [1.165, 1.54) is 12.7 Å². The van der Waals surface area contributed by atoms with Crippen LogP contribution in [0.1, 0.15) is 36.8 Å². The maximum Gasteiger partial charge on any atom is 0.272 e. The molecule has 0 unspecified atom stereocenters. The summed E-state index contributed by atoms with van der Waals surface area (Å²) in [4.78, 5) is 26.9. The second-order valence-corrected chi connectivity index (χ2v) is 7.81. The number of ether oxygens (including phenoxy) is 2. The fourth-order valence-corrected chi connectivity index (χ4v) is 2.93. The third kappa shape index (κ3) is 4.68. The highest BCUT2D eigenvalue weighted by atomic mass is 16.5. The van der Waals surface area contributed by atoms with E-state index in [9.17, 15) is 9.59 Å². The quantitative estimate of drug-likeness (QED) is 0.593. The van der Waals surface area contributed by atoms with E-state index in [1.807, 2.05) is 12.1 Å². The molecule has 2 amide bonds. The summed E-state index contributed by atoms with van der Waals surface area (Å²) in [6.45, 7) is 6.15. The van der Waals surface area contributed by atoms with Gasteiger partial charge in [0.1, 0.15) is 5.69 Å². The van der Waals surface area contributed by atoms with Gasteiger partial charge in [-0.05, 0) is 35.2 Å². The zero-order valence-electron chi connectivity index (χ0n) is 17.0. The predicted octanol–water partition coefficient (Wildman–Crippen LogP) is 3.59. The van der Waals surface area contributed by atoms with Gasteiger partial charge in [-0.3, -0.25) is 9.59 Å². The highest BCUT2D eigenvalue weighted by molar-refractivity contribution is 6.06. The number of hydrogen-bond acceptors (Lipinski definition) is 4. The minimum absolute atomic E-state index is 0.0200. The number of carbonyl (C=O) groups is 2. The normalized spacial score (nSPS) is 11.3. The molecule has 7 nitrogen and oxygen atoms in total. The number of hydrogen-bond donors (Lipinski definition) is 3.